The van der Waals surface area contributed by atoms with Gasteiger partial charge in [-0.05, 0) is 18.9 Å². The van der Waals surface area contributed by atoms with E-state index >= 15 is 0 Å². The summed E-state index contributed by atoms with van der Waals surface area (Å²) in [5.74, 6) is -0.0433. The van der Waals surface area contributed by atoms with E-state index in [1.54, 1.807) is 18.0 Å². The van der Waals surface area contributed by atoms with Crippen molar-refractivity contribution < 1.29 is 4.79 Å². The van der Waals surface area contributed by atoms with Crippen LogP contribution in [0, 0.1) is 0 Å². The molecule has 1 aliphatic rings. The number of aryl methyl sites for hydroxylation is 1. The Morgan fingerprint density at radius 2 is 1.80 bits per heavy atom. The normalized spacial score (nSPS) is 15.2. The van der Waals surface area contributed by atoms with Crippen molar-refractivity contribution in [1.29, 1.82) is 0 Å². The number of hydrogen-bond acceptors (Lipinski definition) is 4. The fraction of sp³-hybridized carbons (Fsp3) is 0.462. The summed E-state index contributed by atoms with van der Waals surface area (Å²) in [7, 11) is 3.06. The fourth-order valence-electron chi connectivity index (χ4n) is 2.54. The molecule has 0 saturated carbocycles. The van der Waals surface area contributed by atoms with Crippen LogP contribution in [0.4, 0.5) is 0 Å². The molecule has 0 spiro atoms. The lowest BCUT2D eigenvalue weighted by molar-refractivity contribution is 0.0797. The number of thiophene rings is 1. The van der Waals surface area contributed by atoms with Crippen molar-refractivity contribution in [3.8, 4) is 0 Å². The largest absolute Gasteiger partial charge is 0.338 e. The van der Waals surface area contributed by atoms with Crippen LogP contribution in [0.1, 0.15) is 22.5 Å². The van der Waals surface area contributed by atoms with Crippen molar-refractivity contribution in [2.45, 2.75) is 12.8 Å². The predicted octanol–water partition coefficient (Wildman–Crippen LogP) is 0.535. The Morgan fingerprint density at radius 3 is 2.45 bits per heavy atom. The monoisotopic (exact) mass is 293 g/mol. The molecule has 1 aliphatic heterocycles. The maximum atomic E-state index is 12.3. The molecule has 0 unspecified atom stereocenters. The molecule has 0 atom stereocenters. The highest BCUT2D eigenvalue weighted by Gasteiger charge is 2.23. The summed E-state index contributed by atoms with van der Waals surface area (Å²) in [5.41, 5.74) is -0.718. The average molecular weight is 293 g/mol. The van der Waals surface area contributed by atoms with Gasteiger partial charge < -0.3 is 4.90 Å². The van der Waals surface area contributed by atoms with Gasteiger partial charge in [-0.1, -0.05) is 0 Å². The van der Waals surface area contributed by atoms with E-state index in [4.69, 9.17) is 0 Å². The van der Waals surface area contributed by atoms with Gasteiger partial charge in [-0.25, -0.2) is 4.79 Å². The molecule has 0 N–H and O–H groups in total. The number of amides is 1. The van der Waals surface area contributed by atoms with Gasteiger partial charge in [-0.3, -0.25) is 18.7 Å². The first-order chi connectivity index (χ1) is 9.50. The first kappa shape index (κ1) is 13.1. The first-order valence-corrected chi connectivity index (χ1v) is 7.31. The molecule has 0 aliphatic carbocycles. The Labute approximate surface area is 118 Å². The zero-order chi connectivity index (χ0) is 14.4. The van der Waals surface area contributed by atoms with E-state index < -0.39 is 0 Å². The number of aromatic nitrogens is 2. The molecule has 3 heterocycles. The van der Waals surface area contributed by atoms with Crippen LogP contribution >= 0.6 is 11.3 Å². The second-order valence-corrected chi connectivity index (χ2v) is 6.07. The molecule has 1 fully saturated rings. The predicted molar refractivity (Wildman–Crippen MR) is 77.4 cm³/mol. The molecule has 2 aromatic heterocycles. The highest BCUT2D eigenvalue weighted by atomic mass is 32.1. The molecule has 0 radical (unpaired) electrons. The van der Waals surface area contributed by atoms with E-state index in [1.165, 1.54) is 23.0 Å². The molecule has 7 heteroatoms. The van der Waals surface area contributed by atoms with Gasteiger partial charge in [0.15, 0.2) is 0 Å². The van der Waals surface area contributed by atoms with E-state index in [-0.39, 0.29) is 17.2 Å². The zero-order valence-electron chi connectivity index (χ0n) is 11.4. The van der Waals surface area contributed by atoms with Gasteiger partial charge in [0, 0.05) is 27.2 Å². The molecular weight excluding hydrogens is 278 g/mol. The fourth-order valence-corrected chi connectivity index (χ4v) is 3.62. The van der Waals surface area contributed by atoms with E-state index in [0.717, 1.165) is 30.5 Å². The minimum atomic E-state index is -0.371. The minimum Gasteiger partial charge on any atom is -0.338 e. The van der Waals surface area contributed by atoms with Gasteiger partial charge in [0.25, 0.3) is 11.5 Å². The smallest absolute Gasteiger partial charge is 0.331 e. The van der Waals surface area contributed by atoms with Crippen LogP contribution < -0.4 is 11.2 Å². The van der Waals surface area contributed by atoms with E-state index in [0.29, 0.717) is 15.1 Å². The van der Waals surface area contributed by atoms with Gasteiger partial charge >= 0.3 is 5.69 Å². The third-order valence-corrected chi connectivity index (χ3v) is 4.93. The van der Waals surface area contributed by atoms with Crippen LogP contribution in [-0.4, -0.2) is 33.0 Å². The van der Waals surface area contributed by atoms with Gasteiger partial charge in [0.2, 0.25) is 0 Å². The number of hydrogen-bond donors (Lipinski definition) is 0. The van der Waals surface area contributed by atoms with Crippen molar-refractivity contribution >= 4 is 27.5 Å². The van der Waals surface area contributed by atoms with Gasteiger partial charge in [-0.2, -0.15) is 0 Å². The molecule has 106 valence electrons. The third kappa shape index (κ3) is 1.81. The second-order valence-electron chi connectivity index (χ2n) is 5.03. The molecule has 1 saturated heterocycles. The highest BCUT2D eigenvalue weighted by Crippen LogP contribution is 2.24. The number of fused-ring (bicyclic) bond motifs is 1. The van der Waals surface area contributed by atoms with Crippen LogP contribution in [0.3, 0.4) is 0 Å². The maximum absolute atomic E-state index is 12.3. The lowest BCUT2D eigenvalue weighted by Crippen LogP contribution is -2.36. The Morgan fingerprint density at radius 1 is 1.15 bits per heavy atom. The molecule has 20 heavy (non-hydrogen) atoms. The zero-order valence-corrected chi connectivity index (χ0v) is 12.2. The van der Waals surface area contributed by atoms with Gasteiger partial charge in [-0.15, -0.1) is 11.3 Å². The number of carbonyl (C=O) groups is 1. The van der Waals surface area contributed by atoms with Crippen molar-refractivity contribution in [2.75, 3.05) is 13.1 Å². The topological polar surface area (TPSA) is 64.3 Å². The van der Waals surface area contributed by atoms with Gasteiger partial charge in [0.1, 0.15) is 4.83 Å². The van der Waals surface area contributed by atoms with Crippen molar-refractivity contribution in [3.05, 3.63) is 31.8 Å². The molecule has 3 rings (SSSR count). The SMILES string of the molecule is Cn1c(=O)c2cc(C(=O)N3CCCC3)sc2n(C)c1=O. The highest BCUT2D eigenvalue weighted by molar-refractivity contribution is 7.20. The molecule has 0 bridgehead atoms. The Balaban J connectivity index is 2.18. The minimum absolute atomic E-state index is 0.0433. The summed E-state index contributed by atoms with van der Waals surface area (Å²) >= 11 is 1.21. The van der Waals surface area contributed by atoms with Crippen LogP contribution in [0.2, 0.25) is 0 Å². The molecular formula is C13H15N3O3S. The van der Waals surface area contributed by atoms with Gasteiger partial charge in [0.05, 0.1) is 10.3 Å². The standard InChI is InChI=1S/C13H15N3O3S/c1-14-10(17)8-7-9(11(18)16-5-3-4-6-16)20-12(8)15(2)13(14)19/h7H,3-6H2,1-2H3. The first-order valence-electron chi connectivity index (χ1n) is 6.49. The number of rotatable bonds is 1. The Kier molecular flexibility index (Phi) is 3.01. The summed E-state index contributed by atoms with van der Waals surface area (Å²) in [6.07, 6.45) is 2.05. The summed E-state index contributed by atoms with van der Waals surface area (Å²) in [5, 5.41) is 0.433. The van der Waals surface area contributed by atoms with Crippen molar-refractivity contribution in [3.63, 3.8) is 0 Å². The molecule has 2 aromatic rings. The lowest BCUT2D eigenvalue weighted by atomic mass is 10.3. The average Bonchev–Trinajstić information content (AvgIpc) is 3.10. The van der Waals surface area contributed by atoms with Crippen molar-refractivity contribution in [2.24, 2.45) is 14.1 Å². The summed E-state index contributed by atoms with van der Waals surface area (Å²) < 4.78 is 2.49. The maximum Gasteiger partial charge on any atom is 0.331 e. The van der Waals surface area contributed by atoms with E-state index in [1.807, 2.05) is 0 Å². The second kappa shape index (κ2) is 4.59. The lowest BCUT2D eigenvalue weighted by Gasteiger charge is -2.13. The number of carbonyl (C=O) groups excluding carboxylic acids is 1. The third-order valence-electron chi connectivity index (χ3n) is 3.73. The van der Waals surface area contributed by atoms with Crippen molar-refractivity contribution in [1.82, 2.24) is 14.0 Å². The van der Waals surface area contributed by atoms with Crippen LogP contribution in [0.15, 0.2) is 15.7 Å². The Hall–Kier alpha value is -1.89. The summed E-state index contributed by atoms with van der Waals surface area (Å²) in [6, 6.07) is 1.61. The van der Waals surface area contributed by atoms with E-state index in [9.17, 15) is 14.4 Å². The van der Waals surface area contributed by atoms with Crippen LogP contribution in [0.25, 0.3) is 10.2 Å². The summed E-state index contributed by atoms with van der Waals surface area (Å²) in [4.78, 5) is 39.2. The quantitative estimate of drug-likeness (QED) is 0.770. The number of nitrogens with zero attached hydrogens (tertiary/aromatic N) is 3. The summed E-state index contributed by atoms with van der Waals surface area (Å²) in [6.45, 7) is 1.54. The van der Waals surface area contributed by atoms with E-state index in [2.05, 4.69) is 0 Å². The van der Waals surface area contributed by atoms with Crippen LogP contribution in [0.5, 0.6) is 0 Å². The molecule has 1 amide bonds. The molecule has 0 aromatic carbocycles. The number of likely N-dealkylation sites (tertiary alicyclic amines) is 1. The Bertz CT molecular complexity index is 809. The van der Waals surface area contributed by atoms with Crippen LogP contribution in [-0.2, 0) is 14.1 Å². The molecule has 6 nitrogen and oxygen atoms in total.